The van der Waals surface area contributed by atoms with Crippen molar-refractivity contribution >= 4 is 23.3 Å². The summed E-state index contributed by atoms with van der Waals surface area (Å²) in [5.41, 5.74) is 0.0234. The van der Waals surface area contributed by atoms with E-state index in [-0.39, 0.29) is 16.8 Å². The predicted octanol–water partition coefficient (Wildman–Crippen LogP) is 2.90. The molecule has 4 nitrogen and oxygen atoms in total. The second kappa shape index (κ2) is 6.21. The zero-order valence-corrected chi connectivity index (χ0v) is 11.1. The highest BCUT2D eigenvalue weighted by Crippen LogP contribution is 2.22. The van der Waals surface area contributed by atoms with Gasteiger partial charge in [-0.2, -0.15) is 0 Å². The summed E-state index contributed by atoms with van der Waals surface area (Å²) in [5.74, 6) is -0.663. The number of nitrogens with one attached hydrogen (secondary N) is 2. The van der Waals surface area contributed by atoms with Crippen LogP contribution in [0.5, 0.6) is 0 Å². The van der Waals surface area contributed by atoms with Gasteiger partial charge in [0.1, 0.15) is 0 Å². The summed E-state index contributed by atoms with van der Waals surface area (Å²) < 4.78 is 13.6. The number of hydrogen-bond acceptors (Lipinski definition) is 2. The van der Waals surface area contributed by atoms with Crippen molar-refractivity contribution < 1.29 is 14.3 Å². The normalized spacial score (nSPS) is 22.9. The molecule has 0 saturated heterocycles. The van der Waals surface area contributed by atoms with Crippen molar-refractivity contribution in [1.29, 1.82) is 0 Å². The minimum absolute atomic E-state index is 0.0234. The average molecular weight is 287 g/mol. The van der Waals surface area contributed by atoms with Crippen molar-refractivity contribution in [2.24, 2.45) is 0 Å². The molecule has 0 spiro atoms. The van der Waals surface area contributed by atoms with Crippen LogP contribution in [-0.4, -0.2) is 23.3 Å². The van der Waals surface area contributed by atoms with Gasteiger partial charge in [-0.1, -0.05) is 30.5 Å². The van der Waals surface area contributed by atoms with Crippen molar-refractivity contribution in [1.82, 2.24) is 5.32 Å². The third-order valence-corrected chi connectivity index (χ3v) is 3.54. The van der Waals surface area contributed by atoms with Gasteiger partial charge in [-0.3, -0.25) is 0 Å². The van der Waals surface area contributed by atoms with Crippen molar-refractivity contribution in [3.8, 4) is 0 Å². The van der Waals surface area contributed by atoms with Crippen LogP contribution in [0.3, 0.4) is 0 Å². The van der Waals surface area contributed by atoms with Crippen LogP contribution in [0.15, 0.2) is 18.2 Å². The lowest BCUT2D eigenvalue weighted by Crippen LogP contribution is -2.46. The lowest BCUT2D eigenvalue weighted by atomic mass is 9.93. The number of anilines is 1. The highest BCUT2D eigenvalue weighted by molar-refractivity contribution is 6.31. The summed E-state index contributed by atoms with van der Waals surface area (Å²) in [7, 11) is 0. The minimum atomic E-state index is -0.663. The highest BCUT2D eigenvalue weighted by Gasteiger charge is 2.24. The first-order valence-electron chi connectivity index (χ1n) is 6.27. The summed E-state index contributed by atoms with van der Waals surface area (Å²) in [6, 6.07) is 3.57. The van der Waals surface area contributed by atoms with Crippen molar-refractivity contribution in [2.75, 3.05) is 5.32 Å². The maximum atomic E-state index is 13.6. The van der Waals surface area contributed by atoms with Gasteiger partial charge in [-0.25, -0.2) is 9.18 Å². The van der Waals surface area contributed by atoms with E-state index in [2.05, 4.69) is 10.6 Å². The van der Waals surface area contributed by atoms with Crippen molar-refractivity contribution in [3.05, 3.63) is 29.0 Å². The number of amides is 2. The molecule has 2 atom stereocenters. The van der Waals surface area contributed by atoms with Gasteiger partial charge in [0.05, 0.1) is 22.9 Å². The average Bonchev–Trinajstić information content (AvgIpc) is 2.38. The van der Waals surface area contributed by atoms with Crippen LogP contribution in [0.1, 0.15) is 25.7 Å². The van der Waals surface area contributed by atoms with Gasteiger partial charge in [-0.05, 0) is 25.0 Å². The van der Waals surface area contributed by atoms with Gasteiger partial charge >= 0.3 is 6.03 Å². The first kappa shape index (κ1) is 14.1. The van der Waals surface area contributed by atoms with E-state index in [0.717, 1.165) is 19.3 Å². The molecule has 19 heavy (non-hydrogen) atoms. The van der Waals surface area contributed by atoms with Gasteiger partial charge < -0.3 is 15.7 Å². The molecular weight excluding hydrogens is 271 g/mol. The molecule has 104 valence electrons. The molecule has 1 aromatic rings. The molecule has 1 saturated carbocycles. The van der Waals surface area contributed by atoms with Crippen molar-refractivity contribution in [3.63, 3.8) is 0 Å². The Kier molecular flexibility index (Phi) is 4.61. The molecule has 1 aliphatic rings. The Balaban J connectivity index is 1.95. The Morgan fingerprint density at radius 1 is 1.37 bits per heavy atom. The lowest BCUT2D eigenvalue weighted by Gasteiger charge is -2.28. The molecule has 0 bridgehead atoms. The molecule has 0 aromatic heterocycles. The number of carbonyl (C=O) groups excluding carboxylic acids is 1. The molecule has 2 amide bonds. The molecule has 3 N–H and O–H groups in total. The van der Waals surface area contributed by atoms with E-state index in [4.69, 9.17) is 11.6 Å². The van der Waals surface area contributed by atoms with Gasteiger partial charge in [0, 0.05) is 0 Å². The van der Waals surface area contributed by atoms with Gasteiger partial charge in [0.15, 0.2) is 5.82 Å². The Morgan fingerprint density at radius 3 is 2.84 bits per heavy atom. The van der Waals surface area contributed by atoms with E-state index in [1.165, 1.54) is 12.1 Å². The van der Waals surface area contributed by atoms with Crippen molar-refractivity contribution in [2.45, 2.75) is 37.8 Å². The summed E-state index contributed by atoms with van der Waals surface area (Å²) >= 11 is 5.63. The third-order valence-electron chi connectivity index (χ3n) is 3.25. The quantitative estimate of drug-likeness (QED) is 0.783. The number of carbonyl (C=O) groups is 1. The number of hydrogen-bond donors (Lipinski definition) is 3. The summed E-state index contributed by atoms with van der Waals surface area (Å²) in [5, 5.41) is 14.8. The van der Waals surface area contributed by atoms with E-state index in [9.17, 15) is 14.3 Å². The van der Waals surface area contributed by atoms with Crippen LogP contribution in [-0.2, 0) is 0 Å². The van der Waals surface area contributed by atoms with Crippen LogP contribution >= 0.6 is 11.6 Å². The second-order valence-electron chi connectivity index (χ2n) is 4.66. The van der Waals surface area contributed by atoms with E-state index in [1.807, 2.05) is 0 Å². The largest absolute Gasteiger partial charge is 0.391 e. The monoisotopic (exact) mass is 286 g/mol. The van der Waals surface area contributed by atoms with Gasteiger partial charge in [0.2, 0.25) is 0 Å². The number of aliphatic hydroxyl groups excluding tert-OH is 1. The molecule has 2 unspecified atom stereocenters. The Labute approximate surface area is 116 Å². The first-order valence-corrected chi connectivity index (χ1v) is 6.65. The zero-order valence-electron chi connectivity index (χ0n) is 10.3. The fourth-order valence-corrected chi connectivity index (χ4v) is 2.38. The Hall–Kier alpha value is -1.33. The predicted molar refractivity (Wildman–Crippen MR) is 71.8 cm³/mol. The summed E-state index contributed by atoms with van der Waals surface area (Å²) in [6.07, 6.45) is 2.80. The van der Waals surface area contributed by atoms with Crippen LogP contribution in [0.25, 0.3) is 0 Å². The molecule has 1 fully saturated rings. The number of urea groups is 1. The second-order valence-corrected chi connectivity index (χ2v) is 5.07. The molecule has 1 aromatic carbocycles. The Morgan fingerprint density at radius 2 is 2.11 bits per heavy atom. The summed E-state index contributed by atoms with van der Waals surface area (Å²) in [4.78, 5) is 11.7. The van der Waals surface area contributed by atoms with Gasteiger partial charge in [-0.15, -0.1) is 0 Å². The van der Waals surface area contributed by atoms with E-state index < -0.39 is 18.0 Å². The van der Waals surface area contributed by atoms with Crippen LogP contribution < -0.4 is 10.6 Å². The number of halogens is 2. The van der Waals surface area contributed by atoms with Crippen LogP contribution in [0.2, 0.25) is 5.02 Å². The fraction of sp³-hybridized carbons (Fsp3) is 0.462. The SMILES string of the molecule is O=C(Nc1cccc(Cl)c1F)NC1CCCCC1O. The molecular formula is C13H16ClFN2O2. The number of benzene rings is 1. The molecule has 2 rings (SSSR count). The highest BCUT2D eigenvalue weighted by atomic mass is 35.5. The minimum Gasteiger partial charge on any atom is -0.391 e. The zero-order chi connectivity index (χ0) is 13.8. The molecule has 0 aliphatic heterocycles. The number of aliphatic hydroxyl groups is 1. The van der Waals surface area contributed by atoms with E-state index in [0.29, 0.717) is 6.42 Å². The Bertz CT molecular complexity index is 470. The molecule has 0 radical (unpaired) electrons. The third kappa shape index (κ3) is 3.58. The van der Waals surface area contributed by atoms with Crippen LogP contribution in [0.4, 0.5) is 14.9 Å². The molecule has 6 heteroatoms. The molecule has 1 aliphatic carbocycles. The topological polar surface area (TPSA) is 61.4 Å². The number of rotatable bonds is 2. The lowest BCUT2D eigenvalue weighted by molar-refractivity contribution is 0.0955. The maximum absolute atomic E-state index is 13.6. The summed E-state index contributed by atoms with van der Waals surface area (Å²) in [6.45, 7) is 0. The first-order chi connectivity index (χ1) is 9.08. The standard InChI is InChI=1S/C13H16ClFN2O2/c14-8-4-3-6-10(12(8)15)17-13(19)16-9-5-1-2-7-11(9)18/h3-4,6,9,11,18H,1-2,5,7H2,(H2,16,17,19). The fourth-order valence-electron chi connectivity index (χ4n) is 2.21. The van der Waals surface area contributed by atoms with Gasteiger partial charge in [0.25, 0.3) is 0 Å². The van der Waals surface area contributed by atoms with E-state index in [1.54, 1.807) is 6.07 Å². The molecule has 0 heterocycles. The van der Waals surface area contributed by atoms with Crippen LogP contribution in [0, 0.1) is 5.82 Å². The maximum Gasteiger partial charge on any atom is 0.319 e. The van der Waals surface area contributed by atoms with E-state index >= 15 is 0 Å². The smallest absolute Gasteiger partial charge is 0.319 e.